The predicted molar refractivity (Wildman–Crippen MR) is 112 cm³/mol. The Hall–Kier alpha value is -3.53. The van der Waals surface area contributed by atoms with Crippen LogP contribution in [0.3, 0.4) is 0 Å². The van der Waals surface area contributed by atoms with Crippen molar-refractivity contribution in [2.45, 2.75) is 37.5 Å². The normalized spacial score (nSPS) is 22.3. The number of carboxylic acid groups (broad SMARTS) is 1. The zero-order valence-corrected chi connectivity index (χ0v) is 17.7. The number of aliphatic carboxylic acids is 1. The lowest BCUT2D eigenvalue weighted by Gasteiger charge is -2.42. The van der Waals surface area contributed by atoms with Gasteiger partial charge >= 0.3 is 5.97 Å². The van der Waals surface area contributed by atoms with E-state index in [0.29, 0.717) is 18.9 Å². The van der Waals surface area contributed by atoms with Gasteiger partial charge in [0.2, 0.25) is 0 Å². The maximum Gasteiger partial charge on any atom is 0.305 e. The van der Waals surface area contributed by atoms with Gasteiger partial charge in [0.05, 0.1) is 24.1 Å². The maximum atomic E-state index is 13.4. The molecule has 174 valence electrons. The van der Waals surface area contributed by atoms with Crippen LogP contribution in [0.25, 0.3) is 0 Å². The Kier molecular flexibility index (Phi) is 6.28. The molecule has 0 aliphatic carbocycles. The van der Waals surface area contributed by atoms with Crippen molar-refractivity contribution in [1.29, 1.82) is 0 Å². The molecule has 2 N–H and O–H groups in total. The molecule has 1 fully saturated rings. The molecular formula is C23H22F2N2O6. The third-order valence-electron chi connectivity index (χ3n) is 5.80. The van der Waals surface area contributed by atoms with Crippen molar-refractivity contribution in [3.05, 3.63) is 59.2 Å². The summed E-state index contributed by atoms with van der Waals surface area (Å²) >= 11 is 0. The molecule has 10 heteroatoms. The third-order valence-corrected chi connectivity index (χ3v) is 5.80. The lowest BCUT2D eigenvalue weighted by molar-refractivity contribution is -0.148. The third kappa shape index (κ3) is 4.95. The molecule has 0 saturated carbocycles. The van der Waals surface area contributed by atoms with E-state index < -0.39 is 35.7 Å². The number of benzene rings is 2. The molecule has 33 heavy (non-hydrogen) atoms. The molecule has 8 nitrogen and oxygen atoms in total. The number of nitrogens with zero attached hydrogens (tertiary/aromatic N) is 1. The van der Waals surface area contributed by atoms with Crippen LogP contribution in [0, 0.1) is 11.6 Å². The van der Waals surface area contributed by atoms with Crippen molar-refractivity contribution >= 4 is 23.5 Å². The zero-order chi connectivity index (χ0) is 23.7. The molecule has 4 rings (SSSR count). The fourth-order valence-corrected chi connectivity index (χ4v) is 4.19. The highest BCUT2D eigenvalue weighted by molar-refractivity contribution is 6.05. The Bertz CT molecular complexity index is 1090. The molecule has 2 heterocycles. The smallest absolute Gasteiger partial charge is 0.305 e. The first kappa shape index (κ1) is 22.7. The van der Waals surface area contributed by atoms with Crippen molar-refractivity contribution in [1.82, 2.24) is 4.90 Å². The number of carbonyl (C=O) groups excluding carboxylic acids is 2. The van der Waals surface area contributed by atoms with Gasteiger partial charge in [-0.3, -0.25) is 14.4 Å². The van der Waals surface area contributed by atoms with E-state index in [1.807, 2.05) is 0 Å². The summed E-state index contributed by atoms with van der Waals surface area (Å²) in [4.78, 5) is 38.2. The minimum absolute atomic E-state index is 0.115. The van der Waals surface area contributed by atoms with Crippen molar-refractivity contribution in [2.24, 2.45) is 0 Å². The van der Waals surface area contributed by atoms with E-state index in [4.69, 9.17) is 14.6 Å². The van der Waals surface area contributed by atoms with Gasteiger partial charge in [-0.15, -0.1) is 0 Å². The molecule has 0 unspecified atom stereocenters. The zero-order valence-electron chi connectivity index (χ0n) is 17.7. The molecule has 0 bridgehead atoms. The van der Waals surface area contributed by atoms with E-state index in [1.54, 1.807) is 7.05 Å². The number of fused-ring (bicyclic) bond motifs is 2. The van der Waals surface area contributed by atoms with Gasteiger partial charge in [0.1, 0.15) is 30.1 Å². The number of likely N-dealkylation sites (N-methyl/N-ethyl adjacent to an activating group) is 1. The molecule has 0 radical (unpaired) electrons. The summed E-state index contributed by atoms with van der Waals surface area (Å²) in [6, 6.07) is 6.65. The van der Waals surface area contributed by atoms with E-state index in [-0.39, 0.29) is 47.5 Å². The van der Waals surface area contributed by atoms with Crippen molar-refractivity contribution < 1.29 is 37.7 Å². The minimum Gasteiger partial charge on any atom is -0.490 e. The number of nitrogens with one attached hydrogen (secondary N) is 1. The summed E-state index contributed by atoms with van der Waals surface area (Å²) in [6.45, 7) is 0.125. The Morgan fingerprint density at radius 1 is 1.15 bits per heavy atom. The number of anilines is 1. The van der Waals surface area contributed by atoms with Crippen LogP contribution in [-0.4, -0.2) is 59.7 Å². The van der Waals surface area contributed by atoms with Gasteiger partial charge in [0.25, 0.3) is 11.8 Å². The lowest BCUT2D eigenvalue weighted by atomic mass is 9.94. The van der Waals surface area contributed by atoms with Gasteiger partial charge in [0.15, 0.2) is 0 Å². The number of carboxylic acids is 1. The van der Waals surface area contributed by atoms with Crippen LogP contribution in [-0.2, 0) is 9.53 Å². The molecule has 3 atom stereocenters. The molecule has 1 saturated heterocycles. The molecule has 0 spiro atoms. The second-order valence-corrected chi connectivity index (χ2v) is 8.09. The highest BCUT2D eigenvalue weighted by Gasteiger charge is 2.39. The van der Waals surface area contributed by atoms with E-state index in [1.165, 1.54) is 23.1 Å². The second kappa shape index (κ2) is 9.14. The summed E-state index contributed by atoms with van der Waals surface area (Å²) in [5.41, 5.74) is 0.274. The SMILES string of the molecule is CN1C(=O)c2cc(NC(=O)c3cc(F)cc(F)c3)ccc2OC[C@@H]2O[C@@H](CC(=O)O)CC[C@H]21. The topological polar surface area (TPSA) is 105 Å². The monoisotopic (exact) mass is 460 g/mol. The van der Waals surface area contributed by atoms with Crippen LogP contribution >= 0.6 is 0 Å². The fourth-order valence-electron chi connectivity index (χ4n) is 4.19. The van der Waals surface area contributed by atoms with Gasteiger partial charge in [-0.2, -0.15) is 0 Å². The summed E-state index contributed by atoms with van der Waals surface area (Å²) in [5, 5.41) is 11.6. The first-order valence-corrected chi connectivity index (χ1v) is 10.4. The molecule has 2 aromatic rings. The van der Waals surface area contributed by atoms with Gasteiger partial charge in [0, 0.05) is 24.4 Å². The fraction of sp³-hybridized carbons (Fsp3) is 0.348. The molecule has 0 aromatic heterocycles. The highest BCUT2D eigenvalue weighted by atomic mass is 19.1. The Balaban J connectivity index is 1.54. The summed E-state index contributed by atoms with van der Waals surface area (Å²) in [7, 11) is 1.64. The number of hydrogen-bond acceptors (Lipinski definition) is 5. The number of amides is 2. The van der Waals surface area contributed by atoms with Crippen LogP contribution in [0.4, 0.5) is 14.5 Å². The number of halogens is 2. The largest absolute Gasteiger partial charge is 0.490 e. The standard InChI is InChI=1S/C23H22F2N2O6/c1-27-18-4-3-16(10-21(28)29)33-20(18)11-32-19-5-2-15(9-17(19)23(27)31)26-22(30)12-6-13(24)8-14(25)7-12/h2,5-9,16,18,20H,3-4,10-11H2,1H3,(H,26,30)(H,28,29)/t16-,18-,20+/m1/s1. The quantitative estimate of drug-likeness (QED) is 0.727. The Labute approximate surface area is 188 Å². The molecule has 2 aliphatic heterocycles. The van der Waals surface area contributed by atoms with Crippen LogP contribution in [0.5, 0.6) is 5.75 Å². The average Bonchev–Trinajstić information content (AvgIpc) is 2.75. The second-order valence-electron chi connectivity index (χ2n) is 8.09. The van der Waals surface area contributed by atoms with Crippen LogP contribution in [0.15, 0.2) is 36.4 Å². The number of ether oxygens (including phenoxy) is 2. The number of carbonyl (C=O) groups is 3. The maximum absolute atomic E-state index is 13.4. The summed E-state index contributed by atoms with van der Waals surface area (Å²) in [5.74, 6) is -3.50. The van der Waals surface area contributed by atoms with Crippen molar-refractivity contribution in [3.63, 3.8) is 0 Å². The Morgan fingerprint density at radius 3 is 2.58 bits per heavy atom. The summed E-state index contributed by atoms with van der Waals surface area (Å²) in [6.07, 6.45) is 0.0199. The van der Waals surface area contributed by atoms with Crippen LogP contribution in [0.2, 0.25) is 0 Å². The van der Waals surface area contributed by atoms with Gasteiger partial charge in [-0.05, 0) is 43.2 Å². The van der Waals surface area contributed by atoms with E-state index in [0.717, 1.165) is 12.1 Å². The van der Waals surface area contributed by atoms with Gasteiger partial charge in [-0.1, -0.05) is 0 Å². The average molecular weight is 460 g/mol. The number of rotatable bonds is 4. The van der Waals surface area contributed by atoms with Crippen molar-refractivity contribution in [3.8, 4) is 5.75 Å². The van der Waals surface area contributed by atoms with E-state index in [2.05, 4.69) is 5.32 Å². The number of hydrogen-bond donors (Lipinski definition) is 2. The first-order chi connectivity index (χ1) is 15.7. The molecule has 2 aliphatic rings. The van der Waals surface area contributed by atoms with E-state index in [9.17, 15) is 23.2 Å². The first-order valence-electron chi connectivity index (χ1n) is 10.4. The van der Waals surface area contributed by atoms with Crippen LogP contribution < -0.4 is 10.1 Å². The summed E-state index contributed by atoms with van der Waals surface area (Å²) < 4.78 is 38.6. The predicted octanol–water partition coefficient (Wildman–Crippen LogP) is 3.07. The van der Waals surface area contributed by atoms with Gasteiger partial charge in [-0.25, -0.2) is 8.78 Å². The van der Waals surface area contributed by atoms with Crippen molar-refractivity contribution in [2.75, 3.05) is 19.0 Å². The van der Waals surface area contributed by atoms with Gasteiger partial charge < -0.3 is 24.8 Å². The lowest BCUT2D eigenvalue weighted by Crippen LogP contribution is -2.53. The van der Waals surface area contributed by atoms with E-state index >= 15 is 0 Å². The molecule has 2 aromatic carbocycles. The molecular weight excluding hydrogens is 438 g/mol. The molecule has 2 amide bonds. The van der Waals surface area contributed by atoms with Crippen LogP contribution in [0.1, 0.15) is 40.0 Å². The minimum atomic E-state index is -0.949. The Morgan fingerprint density at radius 2 is 1.88 bits per heavy atom. The highest BCUT2D eigenvalue weighted by Crippen LogP contribution is 2.32.